The van der Waals surface area contributed by atoms with Crippen molar-refractivity contribution < 1.29 is 4.52 Å². The second-order valence-corrected chi connectivity index (χ2v) is 7.26. The van der Waals surface area contributed by atoms with Crippen LogP contribution in [0.25, 0.3) is 22.5 Å². The predicted octanol–water partition coefficient (Wildman–Crippen LogP) is 5.38. The number of hydrogen-bond acceptors (Lipinski definition) is 4. The summed E-state index contributed by atoms with van der Waals surface area (Å²) in [5.41, 5.74) is 3.96. The minimum Gasteiger partial charge on any atom is -0.332 e. The Balaban J connectivity index is 1.50. The Morgan fingerprint density at radius 3 is 2.41 bits per heavy atom. The zero-order valence-corrected chi connectivity index (χ0v) is 16.3. The van der Waals surface area contributed by atoms with E-state index in [-0.39, 0.29) is 0 Å². The van der Waals surface area contributed by atoms with Gasteiger partial charge in [-0.05, 0) is 29.3 Å². The number of aromatic nitrogens is 4. The Morgan fingerprint density at radius 1 is 0.828 bits per heavy atom. The average Bonchev–Trinajstić information content (AvgIpc) is 3.35. The van der Waals surface area contributed by atoms with E-state index in [2.05, 4.69) is 10.1 Å². The van der Waals surface area contributed by atoms with Crippen molar-refractivity contribution in [2.24, 2.45) is 0 Å². The van der Waals surface area contributed by atoms with Gasteiger partial charge in [0.15, 0.2) is 11.5 Å². The lowest BCUT2D eigenvalue weighted by atomic mass is 10.1. The van der Waals surface area contributed by atoms with Gasteiger partial charge in [-0.25, -0.2) is 0 Å². The third-order valence-electron chi connectivity index (χ3n) is 4.78. The molecule has 0 aliphatic heterocycles. The van der Waals surface area contributed by atoms with Gasteiger partial charge in [-0.2, -0.15) is 10.1 Å². The molecule has 29 heavy (non-hydrogen) atoms. The quantitative estimate of drug-likeness (QED) is 0.397. The molecule has 0 amide bonds. The fourth-order valence-electron chi connectivity index (χ4n) is 3.37. The smallest absolute Gasteiger partial charge is 0.279 e. The Morgan fingerprint density at radius 2 is 1.59 bits per heavy atom. The highest BCUT2D eigenvalue weighted by atomic mass is 35.5. The van der Waals surface area contributed by atoms with Crippen LogP contribution >= 0.6 is 11.6 Å². The van der Waals surface area contributed by atoms with E-state index in [1.165, 1.54) is 0 Å². The second-order valence-electron chi connectivity index (χ2n) is 6.83. The number of rotatable bonds is 5. The van der Waals surface area contributed by atoms with Crippen LogP contribution in [0.1, 0.15) is 17.0 Å². The van der Waals surface area contributed by atoms with Crippen molar-refractivity contribution in [2.75, 3.05) is 0 Å². The minimum atomic E-state index is 0.432. The normalized spacial score (nSPS) is 11.2. The van der Waals surface area contributed by atoms with Crippen LogP contribution < -0.4 is 0 Å². The molecule has 0 N–H and O–H groups in total. The van der Waals surface area contributed by atoms with Gasteiger partial charge in [-0.15, -0.1) is 0 Å². The largest absolute Gasteiger partial charge is 0.332 e. The number of halogens is 1. The maximum absolute atomic E-state index is 6.00. The Labute approximate surface area is 172 Å². The number of fused-ring (bicyclic) bond motifs is 1. The van der Waals surface area contributed by atoms with Crippen LogP contribution in [0, 0.1) is 0 Å². The first-order chi connectivity index (χ1) is 14.3. The molecule has 0 unspecified atom stereocenters. The molecule has 0 spiro atoms. The number of nitrogens with zero attached hydrogens (tertiary/aromatic N) is 4. The lowest BCUT2D eigenvalue weighted by Gasteiger charge is -2.03. The molecule has 0 aliphatic rings. The van der Waals surface area contributed by atoms with Crippen molar-refractivity contribution in [3.8, 4) is 11.6 Å². The van der Waals surface area contributed by atoms with Gasteiger partial charge in [0.2, 0.25) is 0 Å². The highest BCUT2D eigenvalue weighted by Crippen LogP contribution is 2.27. The van der Waals surface area contributed by atoms with E-state index < -0.39 is 0 Å². The summed E-state index contributed by atoms with van der Waals surface area (Å²) in [5, 5.41) is 10.6. The van der Waals surface area contributed by atoms with Gasteiger partial charge in [0.25, 0.3) is 5.89 Å². The summed E-state index contributed by atoms with van der Waals surface area (Å²) >= 11 is 6.00. The van der Waals surface area contributed by atoms with Gasteiger partial charge in [0.05, 0.1) is 12.1 Å². The van der Waals surface area contributed by atoms with Crippen LogP contribution in [0.15, 0.2) is 83.4 Å². The van der Waals surface area contributed by atoms with Crippen molar-refractivity contribution in [3.05, 3.63) is 101 Å². The topological polar surface area (TPSA) is 56.7 Å². The summed E-state index contributed by atoms with van der Waals surface area (Å²) in [6.07, 6.45) is 0.619. The van der Waals surface area contributed by atoms with E-state index in [9.17, 15) is 0 Å². The maximum atomic E-state index is 6.00. The summed E-state index contributed by atoms with van der Waals surface area (Å²) in [5.74, 6) is 1.07. The zero-order chi connectivity index (χ0) is 19.6. The first kappa shape index (κ1) is 17.6. The lowest BCUT2D eigenvalue weighted by molar-refractivity contribution is 0.422. The molecular weight excluding hydrogens is 384 g/mol. The highest BCUT2D eigenvalue weighted by molar-refractivity contribution is 6.30. The van der Waals surface area contributed by atoms with Gasteiger partial charge < -0.3 is 4.52 Å². The highest BCUT2D eigenvalue weighted by Gasteiger charge is 2.18. The molecule has 0 fully saturated rings. The average molecular weight is 401 g/mol. The van der Waals surface area contributed by atoms with Gasteiger partial charge >= 0.3 is 0 Å². The van der Waals surface area contributed by atoms with E-state index >= 15 is 0 Å². The lowest BCUT2D eigenvalue weighted by Crippen LogP contribution is -2.01. The van der Waals surface area contributed by atoms with Crippen LogP contribution in [-0.4, -0.2) is 19.9 Å². The third kappa shape index (κ3) is 3.65. The first-order valence-corrected chi connectivity index (χ1v) is 9.71. The number of benzene rings is 3. The van der Waals surface area contributed by atoms with Crippen LogP contribution in [0.3, 0.4) is 0 Å². The second kappa shape index (κ2) is 7.53. The van der Waals surface area contributed by atoms with Crippen LogP contribution in [0.4, 0.5) is 0 Å². The SMILES string of the molecule is Clc1ccc(Cn2nc(-c3nc(Cc4ccccc4)no3)c3ccccc32)cc1. The molecule has 2 aromatic heterocycles. The van der Waals surface area contributed by atoms with Crippen LogP contribution in [-0.2, 0) is 13.0 Å². The molecule has 0 radical (unpaired) electrons. The van der Waals surface area contributed by atoms with Crippen molar-refractivity contribution in [3.63, 3.8) is 0 Å². The third-order valence-corrected chi connectivity index (χ3v) is 5.03. The molecule has 0 aliphatic carbocycles. The molecule has 2 heterocycles. The van der Waals surface area contributed by atoms with Gasteiger partial charge in [-0.3, -0.25) is 4.68 Å². The maximum Gasteiger partial charge on any atom is 0.279 e. The summed E-state index contributed by atoms with van der Waals surface area (Å²) in [6, 6.07) is 25.9. The van der Waals surface area contributed by atoms with Crippen molar-refractivity contribution in [1.82, 2.24) is 19.9 Å². The number of hydrogen-bond donors (Lipinski definition) is 0. The summed E-state index contributed by atoms with van der Waals surface area (Å²) in [6.45, 7) is 0.628. The molecule has 0 atom stereocenters. The molecule has 6 heteroatoms. The van der Waals surface area contributed by atoms with E-state index in [1.54, 1.807) is 0 Å². The molecule has 5 aromatic rings. The minimum absolute atomic E-state index is 0.432. The van der Waals surface area contributed by atoms with Gasteiger partial charge in [-0.1, -0.05) is 77.4 Å². The Hall–Kier alpha value is -3.44. The van der Waals surface area contributed by atoms with Gasteiger partial charge in [0.1, 0.15) is 0 Å². The van der Waals surface area contributed by atoms with Crippen LogP contribution in [0.2, 0.25) is 5.02 Å². The van der Waals surface area contributed by atoms with Gasteiger partial charge in [0, 0.05) is 16.8 Å². The first-order valence-electron chi connectivity index (χ1n) is 9.33. The van der Waals surface area contributed by atoms with Crippen molar-refractivity contribution in [1.29, 1.82) is 0 Å². The fourth-order valence-corrected chi connectivity index (χ4v) is 3.50. The van der Waals surface area contributed by atoms with Crippen LogP contribution in [0.5, 0.6) is 0 Å². The van der Waals surface area contributed by atoms with E-state index in [0.717, 1.165) is 27.1 Å². The monoisotopic (exact) mass is 400 g/mol. The molecule has 0 saturated carbocycles. The number of para-hydroxylation sites is 1. The molecule has 5 rings (SSSR count). The zero-order valence-electron chi connectivity index (χ0n) is 15.5. The summed E-state index contributed by atoms with van der Waals surface area (Å²) in [4.78, 5) is 4.59. The fraction of sp³-hybridized carbons (Fsp3) is 0.0870. The molecule has 142 valence electrons. The molecule has 5 nitrogen and oxygen atoms in total. The standard InChI is InChI=1S/C23H17ClN4O/c24-18-12-10-17(11-13-18)15-28-20-9-5-4-8-19(20)22(26-28)23-25-21(27-29-23)14-16-6-2-1-3-7-16/h1-13H,14-15H2. The Bertz CT molecular complexity index is 1260. The molecular formula is C23H17ClN4O. The van der Waals surface area contributed by atoms with E-state index in [1.807, 2.05) is 83.5 Å². The predicted molar refractivity (Wildman–Crippen MR) is 113 cm³/mol. The van der Waals surface area contributed by atoms with Crippen molar-refractivity contribution in [2.45, 2.75) is 13.0 Å². The molecule has 0 bridgehead atoms. The summed E-state index contributed by atoms with van der Waals surface area (Å²) in [7, 11) is 0. The Kier molecular flexibility index (Phi) is 4.58. The molecule has 3 aromatic carbocycles. The van der Waals surface area contributed by atoms with Crippen molar-refractivity contribution >= 4 is 22.5 Å². The molecule has 0 saturated heterocycles. The summed E-state index contributed by atoms with van der Waals surface area (Å²) < 4.78 is 7.51. The van der Waals surface area contributed by atoms with E-state index in [0.29, 0.717) is 30.4 Å². The van der Waals surface area contributed by atoms with E-state index in [4.69, 9.17) is 21.2 Å².